The topological polar surface area (TPSA) is 32.3 Å². The molecular formula is C24H44N2O. The van der Waals surface area contributed by atoms with Gasteiger partial charge in [0.25, 0.3) is 0 Å². The highest BCUT2D eigenvalue weighted by atomic mass is 16.2. The summed E-state index contributed by atoms with van der Waals surface area (Å²) < 4.78 is 0. The summed E-state index contributed by atoms with van der Waals surface area (Å²) in [6.45, 7) is 7.55. The zero-order valence-corrected chi connectivity index (χ0v) is 18.1. The van der Waals surface area contributed by atoms with E-state index in [2.05, 4.69) is 36.2 Å². The Labute approximate surface area is 168 Å². The van der Waals surface area contributed by atoms with E-state index in [-0.39, 0.29) is 5.54 Å². The smallest absolute Gasteiger partial charge is 0.240 e. The lowest BCUT2D eigenvalue weighted by Gasteiger charge is -2.58. The first-order valence-corrected chi connectivity index (χ1v) is 11.9. The first-order valence-electron chi connectivity index (χ1n) is 11.9. The lowest BCUT2D eigenvalue weighted by molar-refractivity contribution is -0.157. The zero-order chi connectivity index (χ0) is 19.4. The fourth-order valence-electron chi connectivity index (χ4n) is 5.07. The second-order valence-electron chi connectivity index (χ2n) is 8.69. The molecule has 0 aromatic rings. The average molecular weight is 377 g/mol. The number of piperazine rings is 1. The van der Waals surface area contributed by atoms with Crippen LogP contribution in [-0.4, -0.2) is 36.0 Å². The van der Waals surface area contributed by atoms with Gasteiger partial charge in [-0.1, -0.05) is 77.4 Å². The van der Waals surface area contributed by atoms with Crippen molar-refractivity contribution in [2.45, 2.75) is 109 Å². The van der Waals surface area contributed by atoms with Crippen LogP contribution in [0.3, 0.4) is 0 Å². The molecule has 2 saturated heterocycles. The van der Waals surface area contributed by atoms with Crippen LogP contribution in [0.15, 0.2) is 12.2 Å². The van der Waals surface area contributed by atoms with Crippen LogP contribution < -0.4 is 5.32 Å². The molecule has 2 fully saturated rings. The number of unbranched alkanes of at least 4 members (excludes halogenated alkanes) is 9. The number of amides is 1. The number of fused-ring (bicyclic) bond motifs is 1. The van der Waals surface area contributed by atoms with Crippen LogP contribution in [-0.2, 0) is 4.79 Å². The van der Waals surface area contributed by atoms with Crippen LogP contribution in [0.5, 0.6) is 0 Å². The Morgan fingerprint density at radius 3 is 2.22 bits per heavy atom. The minimum absolute atomic E-state index is 0.149. The van der Waals surface area contributed by atoms with Gasteiger partial charge >= 0.3 is 0 Å². The molecule has 0 bridgehead atoms. The minimum atomic E-state index is -0.149. The summed E-state index contributed by atoms with van der Waals surface area (Å²) in [5, 5.41) is 3.13. The molecule has 2 aliphatic heterocycles. The average Bonchev–Trinajstić information content (AvgIpc) is 2.65. The number of hydrogen-bond acceptors (Lipinski definition) is 2. The maximum atomic E-state index is 12.6. The van der Waals surface area contributed by atoms with Gasteiger partial charge in [0.2, 0.25) is 5.91 Å². The standard InChI is InChI=1S/C24H44N2O/c1-3-5-6-7-8-9-10-11-12-13-14-15-16-17-22(4-2)24-18-20-26(24)21-19-25-23(24)27/h11-12,22H,3-10,13-21H2,1-2H3,(H,25,27). The second kappa shape index (κ2) is 12.6. The summed E-state index contributed by atoms with van der Waals surface area (Å²) >= 11 is 0. The Kier molecular flexibility index (Phi) is 10.5. The van der Waals surface area contributed by atoms with Crippen LogP contribution in [0.2, 0.25) is 0 Å². The number of nitrogens with one attached hydrogen (secondary N) is 1. The van der Waals surface area contributed by atoms with E-state index in [1.54, 1.807) is 0 Å². The van der Waals surface area contributed by atoms with E-state index in [0.717, 1.165) is 32.5 Å². The molecular weight excluding hydrogens is 332 g/mol. The van der Waals surface area contributed by atoms with Crippen LogP contribution in [0.4, 0.5) is 0 Å². The van der Waals surface area contributed by atoms with Gasteiger partial charge < -0.3 is 5.32 Å². The van der Waals surface area contributed by atoms with Crippen LogP contribution in [0.1, 0.15) is 104 Å². The van der Waals surface area contributed by atoms with Crippen molar-refractivity contribution in [2.75, 3.05) is 19.6 Å². The number of carbonyl (C=O) groups excluding carboxylic acids is 1. The monoisotopic (exact) mass is 376 g/mol. The van der Waals surface area contributed by atoms with Crippen molar-refractivity contribution in [1.29, 1.82) is 0 Å². The van der Waals surface area contributed by atoms with Crippen molar-refractivity contribution in [3.63, 3.8) is 0 Å². The highest BCUT2D eigenvalue weighted by Gasteiger charge is 2.56. The molecule has 0 saturated carbocycles. The molecule has 27 heavy (non-hydrogen) atoms. The van der Waals surface area contributed by atoms with Gasteiger partial charge in [0, 0.05) is 19.6 Å². The number of nitrogens with zero attached hydrogens (tertiary/aromatic N) is 1. The van der Waals surface area contributed by atoms with Gasteiger partial charge in [0.1, 0.15) is 5.54 Å². The van der Waals surface area contributed by atoms with E-state index in [0.29, 0.717) is 11.8 Å². The largest absolute Gasteiger partial charge is 0.353 e. The normalized spacial score (nSPS) is 23.9. The van der Waals surface area contributed by atoms with Gasteiger partial charge in [-0.3, -0.25) is 9.69 Å². The molecule has 3 nitrogen and oxygen atoms in total. The van der Waals surface area contributed by atoms with Crippen molar-refractivity contribution in [2.24, 2.45) is 5.92 Å². The molecule has 2 heterocycles. The van der Waals surface area contributed by atoms with Crippen molar-refractivity contribution in [3.8, 4) is 0 Å². The zero-order valence-electron chi connectivity index (χ0n) is 18.1. The molecule has 3 heteroatoms. The molecule has 2 unspecified atom stereocenters. The van der Waals surface area contributed by atoms with Crippen molar-refractivity contribution >= 4 is 5.91 Å². The minimum Gasteiger partial charge on any atom is -0.353 e. The van der Waals surface area contributed by atoms with Crippen molar-refractivity contribution in [3.05, 3.63) is 12.2 Å². The van der Waals surface area contributed by atoms with E-state index in [4.69, 9.17) is 0 Å². The predicted molar refractivity (Wildman–Crippen MR) is 116 cm³/mol. The Morgan fingerprint density at radius 2 is 1.63 bits per heavy atom. The summed E-state index contributed by atoms with van der Waals surface area (Å²) in [4.78, 5) is 15.0. The lowest BCUT2D eigenvalue weighted by atomic mass is 9.69. The third-order valence-corrected chi connectivity index (χ3v) is 6.87. The summed E-state index contributed by atoms with van der Waals surface area (Å²) in [5.41, 5.74) is -0.149. The third-order valence-electron chi connectivity index (χ3n) is 6.87. The van der Waals surface area contributed by atoms with E-state index >= 15 is 0 Å². The molecule has 0 aromatic heterocycles. The van der Waals surface area contributed by atoms with Crippen LogP contribution in [0.25, 0.3) is 0 Å². The molecule has 2 rings (SSSR count). The highest BCUT2D eigenvalue weighted by molar-refractivity contribution is 5.88. The Hall–Kier alpha value is -0.830. The van der Waals surface area contributed by atoms with Gasteiger partial charge in [0.15, 0.2) is 0 Å². The first-order chi connectivity index (χ1) is 13.3. The molecule has 156 valence electrons. The summed E-state index contributed by atoms with van der Waals surface area (Å²) in [7, 11) is 0. The fraction of sp³-hybridized carbons (Fsp3) is 0.875. The number of rotatable bonds is 15. The number of carbonyl (C=O) groups is 1. The van der Waals surface area contributed by atoms with Crippen LogP contribution >= 0.6 is 0 Å². The summed E-state index contributed by atoms with van der Waals surface area (Å²) in [6, 6.07) is 0. The molecule has 1 N–H and O–H groups in total. The molecule has 2 aliphatic rings. The van der Waals surface area contributed by atoms with E-state index < -0.39 is 0 Å². The first kappa shape index (κ1) is 22.5. The van der Waals surface area contributed by atoms with Gasteiger partial charge in [-0.15, -0.1) is 0 Å². The Balaban J connectivity index is 1.52. The fourth-order valence-corrected chi connectivity index (χ4v) is 5.07. The van der Waals surface area contributed by atoms with E-state index in [1.165, 1.54) is 77.0 Å². The van der Waals surface area contributed by atoms with Gasteiger partial charge in [0.05, 0.1) is 0 Å². The maximum Gasteiger partial charge on any atom is 0.240 e. The number of allylic oxidation sites excluding steroid dienone is 2. The predicted octanol–water partition coefficient (Wildman–Crippen LogP) is 5.84. The second-order valence-corrected chi connectivity index (χ2v) is 8.69. The third kappa shape index (κ3) is 6.34. The molecule has 0 aromatic carbocycles. The van der Waals surface area contributed by atoms with E-state index in [9.17, 15) is 4.79 Å². The Bertz CT molecular complexity index is 448. The molecule has 2 atom stereocenters. The quantitative estimate of drug-likeness (QED) is 0.287. The molecule has 0 radical (unpaired) electrons. The SMILES string of the molecule is CCCCCCCCC=CCCCCCC(CC)C12CCN1CCNC2=O. The van der Waals surface area contributed by atoms with Crippen molar-refractivity contribution < 1.29 is 4.79 Å². The molecule has 0 aliphatic carbocycles. The summed E-state index contributed by atoms with van der Waals surface area (Å²) in [6.07, 6.45) is 22.9. The molecule has 0 spiro atoms. The molecule has 1 amide bonds. The van der Waals surface area contributed by atoms with Gasteiger partial charge in [-0.2, -0.15) is 0 Å². The number of hydrogen-bond donors (Lipinski definition) is 1. The van der Waals surface area contributed by atoms with Crippen LogP contribution in [0, 0.1) is 5.92 Å². The Morgan fingerprint density at radius 1 is 0.963 bits per heavy atom. The lowest BCUT2D eigenvalue weighted by Crippen LogP contribution is -2.75. The van der Waals surface area contributed by atoms with Gasteiger partial charge in [-0.25, -0.2) is 0 Å². The maximum absolute atomic E-state index is 12.6. The highest BCUT2D eigenvalue weighted by Crippen LogP contribution is 2.42. The summed E-state index contributed by atoms with van der Waals surface area (Å²) in [5.74, 6) is 0.847. The van der Waals surface area contributed by atoms with Gasteiger partial charge in [-0.05, 0) is 44.4 Å². The van der Waals surface area contributed by atoms with Crippen molar-refractivity contribution in [1.82, 2.24) is 10.2 Å². The van der Waals surface area contributed by atoms with E-state index in [1.807, 2.05) is 0 Å².